The quantitative estimate of drug-likeness (QED) is 0.822. The molecular formula is C24H30N2O2. The molecule has 1 aliphatic rings. The average Bonchev–Trinajstić information content (AvgIpc) is 2.69. The van der Waals surface area contributed by atoms with Crippen molar-refractivity contribution >= 4 is 11.8 Å². The summed E-state index contributed by atoms with van der Waals surface area (Å²) in [7, 11) is 0. The molecule has 1 atom stereocenters. The van der Waals surface area contributed by atoms with E-state index in [9.17, 15) is 9.59 Å². The highest BCUT2D eigenvalue weighted by Gasteiger charge is 2.41. The Kier molecular flexibility index (Phi) is 6.18. The largest absolute Gasteiger partial charge is 0.369 e. The number of likely N-dealkylation sites (tertiary alicyclic amines) is 1. The normalized spacial score (nSPS) is 19.4. The molecule has 1 fully saturated rings. The predicted octanol–water partition coefficient (Wildman–Crippen LogP) is 4.10. The maximum absolute atomic E-state index is 12.4. The standard InChI is InChI=1S/C24H30N2O2/c1-3-5-22(27)26-15-4-14-24(17-26,23(25)28)16-19-8-12-21(13-9-19)20-10-6-18(2)7-11-20/h6-13H,3-5,14-17H2,1-2H3,(H2,25,28)/t24-/m0/s1. The summed E-state index contributed by atoms with van der Waals surface area (Å²) in [5.41, 5.74) is 9.82. The van der Waals surface area contributed by atoms with Gasteiger partial charge < -0.3 is 10.6 Å². The van der Waals surface area contributed by atoms with E-state index in [1.807, 2.05) is 11.8 Å². The van der Waals surface area contributed by atoms with Crippen LogP contribution in [0.15, 0.2) is 48.5 Å². The van der Waals surface area contributed by atoms with Crippen LogP contribution in [0, 0.1) is 12.3 Å². The van der Waals surface area contributed by atoms with Gasteiger partial charge in [0.05, 0.1) is 5.41 Å². The van der Waals surface area contributed by atoms with Crippen molar-refractivity contribution in [3.8, 4) is 11.1 Å². The van der Waals surface area contributed by atoms with Crippen LogP contribution < -0.4 is 5.73 Å². The Morgan fingerprint density at radius 2 is 1.64 bits per heavy atom. The molecule has 1 saturated heterocycles. The van der Waals surface area contributed by atoms with Crippen molar-refractivity contribution in [2.24, 2.45) is 11.1 Å². The Labute approximate surface area is 167 Å². The summed E-state index contributed by atoms with van der Waals surface area (Å²) in [5, 5.41) is 0. The SMILES string of the molecule is CCCC(=O)N1CCC[C@@](Cc2ccc(-c3ccc(C)cc3)cc2)(C(N)=O)C1. The zero-order valence-corrected chi connectivity index (χ0v) is 16.9. The van der Waals surface area contributed by atoms with Crippen molar-refractivity contribution in [1.29, 1.82) is 0 Å². The molecule has 148 valence electrons. The maximum Gasteiger partial charge on any atom is 0.225 e. The molecule has 28 heavy (non-hydrogen) atoms. The Balaban J connectivity index is 1.78. The number of piperidine rings is 1. The number of hydrogen-bond donors (Lipinski definition) is 1. The molecule has 2 amide bonds. The summed E-state index contributed by atoms with van der Waals surface area (Å²) in [6.07, 6.45) is 3.48. The van der Waals surface area contributed by atoms with Crippen LogP contribution in [-0.4, -0.2) is 29.8 Å². The lowest BCUT2D eigenvalue weighted by Gasteiger charge is -2.41. The fourth-order valence-electron chi connectivity index (χ4n) is 4.10. The number of nitrogens with zero attached hydrogens (tertiary/aromatic N) is 1. The van der Waals surface area contributed by atoms with E-state index in [-0.39, 0.29) is 11.8 Å². The van der Waals surface area contributed by atoms with Crippen molar-refractivity contribution in [3.63, 3.8) is 0 Å². The van der Waals surface area contributed by atoms with Gasteiger partial charge in [0, 0.05) is 19.5 Å². The number of rotatable bonds is 6. The summed E-state index contributed by atoms with van der Waals surface area (Å²) in [6.45, 7) is 5.23. The van der Waals surface area contributed by atoms with Gasteiger partial charge in [0.1, 0.15) is 0 Å². The average molecular weight is 379 g/mol. The third-order valence-corrected chi connectivity index (χ3v) is 5.80. The van der Waals surface area contributed by atoms with Crippen molar-refractivity contribution in [2.45, 2.75) is 46.0 Å². The third-order valence-electron chi connectivity index (χ3n) is 5.80. The molecular weight excluding hydrogens is 348 g/mol. The van der Waals surface area contributed by atoms with Gasteiger partial charge in [0.15, 0.2) is 0 Å². The molecule has 4 nitrogen and oxygen atoms in total. The molecule has 4 heteroatoms. The smallest absolute Gasteiger partial charge is 0.225 e. The van der Waals surface area contributed by atoms with Crippen molar-refractivity contribution in [3.05, 3.63) is 59.7 Å². The number of amides is 2. The van der Waals surface area contributed by atoms with Crippen LogP contribution in [0.2, 0.25) is 0 Å². The van der Waals surface area contributed by atoms with Crippen LogP contribution in [0.25, 0.3) is 11.1 Å². The van der Waals surface area contributed by atoms with Gasteiger partial charge in [-0.05, 0) is 49.3 Å². The van der Waals surface area contributed by atoms with Crippen LogP contribution in [-0.2, 0) is 16.0 Å². The summed E-state index contributed by atoms with van der Waals surface area (Å²) in [4.78, 5) is 26.6. The molecule has 2 aromatic carbocycles. The molecule has 1 heterocycles. The topological polar surface area (TPSA) is 63.4 Å². The highest BCUT2D eigenvalue weighted by Crippen LogP contribution is 2.34. The molecule has 0 aromatic heterocycles. The fraction of sp³-hybridized carbons (Fsp3) is 0.417. The summed E-state index contributed by atoms with van der Waals surface area (Å²) in [6, 6.07) is 16.8. The number of benzene rings is 2. The van der Waals surface area contributed by atoms with Gasteiger partial charge >= 0.3 is 0 Å². The van der Waals surface area contributed by atoms with Gasteiger partial charge in [-0.3, -0.25) is 9.59 Å². The first-order chi connectivity index (χ1) is 13.4. The van der Waals surface area contributed by atoms with E-state index >= 15 is 0 Å². The molecule has 2 aromatic rings. The Morgan fingerprint density at radius 3 is 2.21 bits per heavy atom. The van der Waals surface area contributed by atoms with Crippen molar-refractivity contribution in [1.82, 2.24) is 4.90 Å². The monoisotopic (exact) mass is 378 g/mol. The van der Waals surface area contributed by atoms with Gasteiger partial charge in [-0.2, -0.15) is 0 Å². The lowest BCUT2D eigenvalue weighted by Crippen LogP contribution is -2.53. The van der Waals surface area contributed by atoms with E-state index < -0.39 is 5.41 Å². The molecule has 1 aliphatic heterocycles. The van der Waals surface area contributed by atoms with E-state index in [2.05, 4.69) is 55.5 Å². The van der Waals surface area contributed by atoms with E-state index in [0.717, 1.165) is 36.9 Å². The number of aryl methyl sites for hydroxylation is 1. The Morgan fingerprint density at radius 1 is 1.04 bits per heavy atom. The maximum atomic E-state index is 12.4. The number of carbonyl (C=O) groups is 2. The van der Waals surface area contributed by atoms with Gasteiger partial charge in [-0.1, -0.05) is 61.0 Å². The number of hydrogen-bond acceptors (Lipinski definition) is 2. The minimum atomic E-state index is -0.674. The van der Waals surface area contributed by atoms with Crippen molar-refractivity contribution < 1.29 is 9.59 Å². The number of nitrogens with two attached hydrogens (primary N) is 1. The van der Waals surface area contributed by atoms with Gasteiger partial charge in [0.25, 0.3) is 0 Å². The highest BCUT2D eigenvalue weighted by molar-refractivity contribution is 5.83. The molecule has 0 radical (unpaired) electrons. The second kappa shape index (κ2) is 8.59. The fourth-order valence-corrected chi connectivity index (χ4v) is 4.10. The Bertz CT molecular complexity index is 827. The van der Waals surface area contributed by atoms with Crippen LogP contribution >= 0.6 is 0 Å². The summed E-state index contributed by atoms with van der Waals surface area (Å²) < 4.78 is 0. The van der Waals surface area contributed by atoms with Crippen LogP contribution in [0.3, 0.4) is 0 Å². The van der Waals surface area contributed by atoms with Crippen LogP contribution in [0.1, 0.15) is 43.7 Å². The first-order valence-corrected chi connectivity index (χ1v) is 10.2. The first-order valence-electron chi connectivity index (χ1n) is 10.2. The van der Waals surface area contributed by atoms with E-state index in [0.29, 0.717) is 19.4 Å². The first kappa shape index (κ1) is 20.1. The third kappa shape index (κ3) is 4.44. The molecule has 0 unspecified atom stereocenters. The summed E-state index contributed by atoms with van der Waals surface area (Å²) in [5.74, 6) is -0.174. The van der Waals surface area contributed by atoms with Gasteiger partial charge in [-0.15, -0.1) is 0 Å². The molecule has 2 N–H and O–H groups in total. The molecule has 3 rings (SSSR count). The zero-order valence-electron chi connectivity index (χ0n) is 16.9. The molecule has 0 aliphatic carbocycles. The molecule has 0 spiro atoms. The number of carbonyl (C=O) groups excluding carboxylic acids is 2. The van der Waals surface area contributed by atoms with E-state index in [1.54, 1.807) is 0 Å². The van der Waals surface area contributed by atoms with Gasteiger partial charge in [0.2, 0.25) is 11.8 Å². The highest BCUT2D eigenvalue weighted by atomic mass is 16.2. The van der Waals surface area contributed by atoms with Crippen LogP contribution in [0.5, 0.6) is 0 Å². The predicted molar refractivity (Wildman–Crippen MR) is 113 cm³/mol. The lowest BCUT2D eigenvalue weighted by atomic mass is 9.74. The molecule has 0 bridgehead atoms. The molecule has 0 saturated carbocycles. The lowest BCUT2D eigenvalue weighted by molar-refractivity contribution is -0.140. The second-order valence-corrected chi connectivity index (χ2v) is 8.05. The van der Waals surface area contributed by atoms with E-state index in [4.69, 9.17) is 5.73 Å². The zero-order chi connectivity index (χ0) is 20.1. The summed E-state index contributed by atoms with van der Waals surface area (Å²) >= 11 is 0. The second-order valence-electron chi connectivity index (χ2n) is 8.05. The minimum absolute atomic E-state index is 0.127. The van der Waals surface area contributed by atoms with E-state index in [1.165, 1.54) is 11.1 Å². The van der Waals surface area contributed by atoms with Crippen molar-refractivity contribution in [2.75, 3.05) is 13.1 Å². The number of primary amides is 1. The van der Waals surface area contributed by atoms with Gasteiger partial charge in [-0.25, -0.2) is 0 Å². The Hall–Kier alpha value is -2.62. The van der Waals surface area contributed by atoms with Crippen LogP contribution in [0.4, 0.5) is 0 Å². The minimum Gasteiger partial charge on any atom is -0.369 e.